The molecule has 0 bridgehead atoms. The summed E-state index contributed by atoms with van der Waals surface area (Å²) in [4.78, 5) is 2.05. The van der Waals surface area contributed by atoms with Gasteiger partial charge in [0.1, 0.15) is 11.6 Å². The van der Waals surface area contributed by atoms with Crippen LogP contribution in [0.1, 0.15) is 31.2 Å². The zero-order valence-corrected chi connectivity index (χ0v) is 11.4. The van der Waals surface area contributed by atoms with Crippen molar-refractivity contribution < 1.29 is 8.78 Å². The predicted molar refractivity (Wildman–Crippen MR) is 72.6 cm³/mol. The summed E-state index contributed by atoms with van der Waals surface area (Å²) >= 11 is 0. The minimum atomic E-state index is -0.466. The summed E-state index contributed by atoms with van der Waals surface area (Å²) in [7, 11) is 1.94. The zero-order chi connectivity index (χ0) is 13.8. The van der Waals surface area contributed by atoms with Crippen LogP contribution in [0.2, 0.25) is 0 Å². The molecule has 19 heavy (non-hydrogen) atoms. The van der Waals surface area contributed by atoms with E-state index < -0.39 is 11.6 Å². The van der Waals surface area contributed by atoms with E-state index in [-0.39, 0.29) is 5.56 Å². The molecule has 0 aromatic heterocycles. The lowest BCUT2D eigenvalue weighted by Crippen LogP contribution is -2.42. The quantitative estimate of drug-likeness (QED) is 0.909. The molecule has 1 aliphatic carbocycles. The van der Waals surface area contributed by atoms with E-state index in [2.05, 4.69) is 4.90 Å². The topological polar surface area (TPSA) is 29.3 Å². The number of nitrogens with zero attached hydrogens (tertiary/aromatic N) is 1. The number of hydrogen-bond donors (Lipinski definition) is 1. The highest BCUT2D eigenvalue weighted by Gasteiger charge is 2.28. The van der Waals surface area contributed by atoms with Crippen LogP contribution in [0.15, 0.2) is 18.2 Å². The summed E-state index contributed by atoms with van der Waals surface area (Å²) in [6, 6.07) is 4.36. The largest absolute Gasteiger partial charge is 0.330 e. The molecule has 106 valence electrons. The van der Waals surface area contributed by atoms with Crippen molar-refractivity contribution >= 4 is 0 Å². The van der Waals surface area contributed by atoms with Gasteiger partial charge in [-0.05, 0) is 44.5 Å². The summed E-state index contributed by atoms with van der Waals surface area (Å²) in [5.41, 5.74) is 5.97. The van der Waals surface area contributed by atoms with Crippen molar-refractivity contribution in [2.24, 2.45) is 11.7 Å². The van der Waals surface area contributed by atoms with Gasteiger partial charge in [0.2, 0.25) is 0 Å². The van der Waals surface area contributed by atoms with E-state index in [9.17, 15) is 8.78 Å². The lowest BCUT2D eigenvalue weighted by Gasteiger charge is -2.37. The standard InChI is InChI=1S/C15H22F2N2/c1-19(15-8-3-2-5-11(15)9-18)10-12-13(16)6-4-7-14(12)17/h4,6-7,11,15H,2-3,5,8-10,18H2,1H3. The second-order valence-corrected chi connectivity index (χ2v) is 5.46. The maximum Gasteiger partial charge on any atom is 0.130 e. The van der Waals surface area contributed by atoms with Crippen LogP contribution in [0.4, 0.5) is 8.78 Å². The van der Waals surface area contributed by atoms with Gasteiger partial charge in [0, 0.05) is 18.2 Å². The lowest BCUT2D eigenvalue weighted by molar-refractivity contribution is 0.125. The Hall–Kier alpha value is -1.00. The molecule has 1 aromatic rings. The highest BCUT2D eigenvalue weighted by molar-refractivity contribution is 5.19. The molecule has 0 aliphatic heterocycles. The smallest absolute Gasteiger partial charge is 0.130 e. The zero-order valence-electron chi connectivity index (χ0n) is 11.4. The van der Waals surface area contributed by atoms with Gasteiger partial charge in [0.05, 0.1) is 0 Å². The van der Waals surface area contributed by atoms with E-state index in [1.807, 2.05) is 7.05 Å². The van der Waals surface area contributed by atoms with E-state index in [0.29, 0.717) is 25.0 Å². The summed E-state index contributed by atoms with van der Waals surface area (Å²) < 4.78 is 27.3. The Labute approximate surface area is 113 Å². The Morgan fingerprint density at radius 1 is 1.21 bits per heavy atom. The Kier molecular flexibility index (Phi) is 4.88. The SMILES string of the molecule is CN(Cc1c(F)cccc1F)C1CCCCC1CN. The van der Waals surface area contributed by atoms with Gasteiger partial charge in [0.25, 0.3) is 0 Å². The van der Waals surface area contributed by atoms with Gasteiger partial charge in [-0.2, -0.15) is 0 Å². The Morgan fingerprint density at radius 2 is 1.84 bits per heavy atom. The third-order valence-electron chi connectivity index (χ3n) is 4.21. The van der Waals surface area contributed by atoms with Gasteiger partial charge >= 0.3 is 0 Å². The molecule has 1 aliphatic rings. The Bertz CT molecular complexity index is 402. The normalized spacial score (nSPS) is 23.8. The van der Waals surface area contributed by atoms with Crippen LogP contribution >= 0.6 is 0 Å². The molecule has 2 unspecified atom stereocenters. The molecule has 1 aromatic carbocycles. The van der Waals surface area contributed by atoms with Gasteiger partial charge < -0.3 is 5.73 Å². The molecule has 2 rings (SSSR count). The first-order valence-electron chi connectivity index (χ1n) is 6.96. The van der Waals surface area contributed by atoms with Crippen molar-refractivity contribution in [2.75, 3.05) is 13.6 Å². The molecule has 1 saturated carbocycles. The molecule has 1 fully saturated rings. The van der Waals surface area contributed by atoms with Crippen molar-refractivity contribution in [3.8, 4) is 0 Å². The second kappa shape index (κ2) is 6.44. The van der Waals surface area contributed by atoms with E-state index in [1.165, 1.54) is 31.0 Å². The van der Waals surface area contributed by atoms with Crippen LogP contribution in [0, 0.1) is 17.6 Å². The first-order valence-corrected chi connectivity index (χ1v) is 6.96. The molecule has 0 saturated heterocycles. The van der Waals surface area contributed by atoms with Gasteiger partial charge in [-0.25, -0.2) is 8.78 Å². The van der Waals surface area contributed by atoms with Crippen LogP contribution in [-0.4, -0.2) is 24.5 Å². The van der Waals surface area contributed by atoms with Crippen LogP contribution in [0.5, 0.6) is 0 Å². The second-order valence-electron chi connectivity index (χ2n) is 5.46. The molecule has 0 amide bonds. The minimum absolute atomic E-state index is 0.159. The number of rotatable bonds is 4. The van der Waals surface area contributed by atoms with Crippen molar-refractivity contribution in [1.82, 2.24) is 4.90 Å². The molecular weight excluding hydrogens is 246 g/mol. The minimum Gasteiger partial charge on any atom is -0.330 e. The van der Waals surface area contributed by atoms with Crippen molar-refractivity contribution in [2.45, 2.75) is 38.3 Å². The average molecular weight is 268 g/mol. The summed E-state index contributed by atoms with van der Waals surface area (Å²) in [6.07, 6.45) is 4.56. The molecule has 2 nitrogen and oxygen atoms in total. The third kappa shape index (κ3) is 3.31. The maximum atomic E-state index is 13.7. The fourth-order valence-corrected chi connectivity index (χ4v) is 3.09. The average Bonchev–Trinajstić information content (AvgIpc) is 2.42. The highest BCUT2D eigenvalue weighted by atomic mass is 19.1. The summed E-state index contributed by atoms with van der Waals surface area (Å²) in [5, 5.41) is 0. The van der Waals surface area contributed by atoms with E-state index in [1.54, 1.807) is 0 Å². The molecule has 0 heterocycles. The van der Waals surface area contributed by atoms with Crippen LogP contribution in [0.3, 0.4) is 0 Å². The maximum absolute atomic E-state index is 13.7. The summed E-state index contributed by atoms with van der Waals surface area (Å²) in [6.45, 7) is 0.953. The Morgan fingerprint density at radius 3 is 2.47 bits per heavy atom. The van der Waals surface area contributed by atoms with E-state index >= 15 is 0 Å². The van der Waals surface area contributed by atoms with Crippen LogP contribution in [-0.2, 0) is 6.54 Å². The lowest BCUT2D eigenvalue weighted by atomic mass is 9.83. The molecule has 2 atom stereocenters. The van der Waals surface area contributed by atoms with Crippen molar-refractivity contribution in [3.05, 3.63) is 35.4 Å². The van der Waals surface area contributed by atoms with E-state index in [4.69, 9.17) is 5.73 Å². The first-order chi connectivity index (χ1) is 9.13. The number of benzene rings is 1. The van der Waals surface area contributed by atoms with Crippen molar-refractivity contribution in [3.63, 3.8) is 0 Å². The number of nitrogens with two attached hydrogens (primary N) is 1. The molecule has 0 radical (unpaired) electrons. The van der Waals surface area contributed by atoms with Gasteiger partial charge in [-0.1, -0.05) is 18.9 Å². The molecule has 2 N–H and O–H groups in total. The van der Waals surface area contributed by atoms with Gasteiger partial charge in [-0.15, -0.1) is 0 Å². The fourth-order valence-electron chi connectivity index (χ4n) is 3.09. The predicted octanol–water partition coefficient (Wildman–Crippen LogP) is 2.91. The van der Waals surface area contributed by atoms with Crippen molar-refractivity contribution in [1.29, 1.82) is 0 Å². The molecular formula is C15H22F2N2. The molecule has 0 spiro atoms. The number of hydrogen-bond acceptors (Lipinski definition) is 2. The Balaban J connectivity index is 2.09. The number of halogens is 2. The first kappa shape index (κ1) is 14.4. The fraction of sp³-hybridized carbons (Fsp3) is 0.600. The summed E-state index contributed by atoms with van der Waals surface area (Å²) in [5.74, 6) is -0.493. The van der Waals surface area contributed by atoms with Gasteiger partial charge in [0.15, 0.2) is 0 Å². The molecule has 4 heteroatoms. The van der Waals surface area contributed by atoms with Crippen LogP contribution < -0.4 is 5.73 Å². The van der Waals surface area contributed by atoms with Gasteiger partial charge in [-0.3, -0.25) is 4.90 Å². The monoisotopic (exact) mass is 268 g/mol. The third-order valence-corrected chi connectivity index (χ3v) is 4.21. The van der Waals surface area contributed by atoms with Crippen LogP contribution in [0.25, 0.3) is 0 Å². The van der Waals surface area contributed by atoms with E-state index in [0.717, 1.165) is 12.8 Å². The highest BCUT2D eigenvalue weighted by Crippen LogP contribution is 2.28.